The Bertz CT molecular complexity index is 151. The third-order valence-corrected chi connectivity index (χ3v) is 2.41. The van der Waals surface area contributed by atoms with Crippen LogP contribution in [0.2, 0.25) is 0 Å². The summed E-state index contributed by atoms with van der Waals surface area (Å²) in [6.45, 7) is 0. The molecule has 2 heterocycles. The smallest absolute Gasteiger partial charge is 0.188 e. The average Bonchev–Trinajstić information content (AvgIpc) is 2.72. The summed E-state index contributed by atoms with van der Waals surface area (Å²) in [5.74, 6) is -1.02. The molecule has 3 aliphatic rings. The third-order valence-electron chi connectivity index (χ3n) is 2.41. The zero-order chi connectivity index (χ0) is 6.66. The maximum Gasteiger partial charge on any atom is 0.292 e. The van der Waals surface area contributed by atoms with Gasteiger partial charge in [-0.15, -0.1) is 0 Å². The van der Waals surface area contributed by atoms with Crippen molar-refractivity contribution < 1.29 is 19.6 Å². The van der Waals surface area contributed by atoms with Gasteiger partial charge < -0.3 is 0 Å². The molecule has 0 aromatic rings. The number of hydrogen-bond donors (Lipinski definition) is 0. The SMILES string of the molecule is C1CCC2(OO2)C2(C1)OO2. The van der Waals surface area contributed by atoms with Crippen molar-refractivity contribution in [1.82, 2.24) is 0 Å². The molecule has 4 nitrogen and oxygen atoms in total. The van der Waals surface area contributed by atoms with Gasteiger partial charge in [0.25, 0.3) is 11.6 Å². The zero-order valence-electron chi connectivity index (χ0n) is 5.46. The van der Waals surface area contributed by atoms with Crippen molar-refractivity contribution in [3.63, 3.8) is 0 Å². The van der Waals surface area contributed by atoms with Crippen LogP contribution >= 0.6 is 0 Å². The summed E-state index contributed by atoms with van der Waals surface area (Å²) in [5.41, 5.74) is 0. The largest absolute Gasteiger partial charge is 0.292 e. The zero-order valence-corrected chi connectivity index (χ0v) is 5.46. The lowest BCUT2D eigenvalue weighted by Crippen LogP contribution is -2.36. The van der Waals surface area contributed by atoms with Gasteiger partial charge in [0.2, 0.25) is 0 Å². The molecule has 0 unspecified atom stereocenters. The highest BCUT2D eigenvalue weighted by molar-refractivity contribution is 4.98. The molecular formula is C6H8O4. The molecule has 56 valence electrons. The molecule has 2 aliphatic heterocycles. The van der Waals surface area contributed by atoms with Crippen LogP contribution in [0.15, 0.2) is 0 Å². The highest BCUT2D eigenvalue weighted by Gasteiger charge is 2.77. The Morgan fingerprint density at radius 3 is 1.40 bits per heavy atom. The Balaban J connectivity index is 1.91. The van der Waals surface area contributed by atoms with Crippen molar-refractivity contribution in [2.24, 2.45) is 0 Å². The minimum absolute atomic E-state index is 0.509. The van der Waals surface area contributed by atoms with Gasteiger partial charge in [-0.3, -0.25) is 0 Å². The van der Waals surface area contributed by atoms with E-state index in [0.29, 0.717) is 0 Å². The molecule has 0 radical (unpaired) electrons. The Morgan fingerprint density at radius 2 is 1.10 bits per heavy atom. The Morgan fingerprint density at radius 1 is 0.700 bits per heavy atom. The van der Waals surface area contributed by atoms with Gasteiger partial charge in [0.15, 0.2) is 0 Å². The fraction of sp³-hybridized carbons (Fsp3) is 1.00. The Hall–Kier alpha value is -0.160. The predicted octanol–water partition coefficient (Wildman–Crippen LogP) is 0.877. The van der Waals surface area contributed by atoms with Crippen LogP contribution in [0, 0.1) is 0 Å². The summed E-state index contributed by atoms with van der Waals surface area (Å²) >= 11 is 0. The molecule has 3 rings (SSSR count). The van der Waals surface area contributed by atoms with Crippen LogP contribution in [0.3, 0.4) is 0 Å². The molecule has 0 aromatic heterocycles. The molecule has 1 saturated carbocycles. The van der Waals surface area contributed by atoms with Crippen molar-refractivity contribution in [1.29, 1.82) is 0 Å². The van der Waals surface area contributed by atoms with Crippen molar-refractivity contribution >= 4 is 0 Å². The van der Waals surface area contributed by atoms with Crippen LogP contribution in [-0.4, -0.2) is 11.6 Å². The summed E-state index contributed by atoms with van der Waals surface area (Å²) in [6, 6.07) is 0. The molecule has 4 heteroatoms. The maximum atomic E-state index is 4.86. The topological polar surface area (TPSA) is 50.1 Å². The minimum atomic E-state index is -0.509. The highest BCUT2D eigenvalue weighted by atomic mass is 17.5. The standard InChI is InChI=1S/C6H8O4/c1-2-4-6(9-10-6)5(3-1)7-8-5/h1-4H2. The van der Waals surface area contributed by atoms with E-state index in [1.54, 1.807) is 0 Å². The van der Waals surface area contributed by atoms with Crippen LogP contribution in [0.25, 0.3) is 0 Å². The molecule has 0 atom stereocenters. The molecule has 1 aliphatic carbocycles. The van der Waals surface area contributed by atoms with Crippen molar-refractivity contribution in [3.8, 4) is 0 Å². The van der Waals surface area contributed by atoms with Gasteiger partial charge in [-0.05, 0) is 12.8 Å². The lowest BCUT2D eigenvalue weighted by molar-refractivity contribution is 0.0850. The second kappa shape index (κ2) is 1.38. The van der Waals surface area contributed by atoms with Crippen LogP contribution < -0.4 is 0 Å². The number of hydrogen-bond acceptors (Lipinski definition) is 4. The second-order valence-electron chi connectivity index (χ2n) is 3.05. The first-order chi connectivity index (χ1) is 4.87. The molecule has 0 bridgehead atoms. The fourth-order valence-corrected chi connectivity index (χ4v) is 1.62. The van der Waals surface area contributed by atoms with E-state index in [9.17, 15) is 0 Å². The van der Waals surface area contributed by atoms with Crippen LogP contribution in [0.1, 0.15) is 25.7 Å². The van der Waals surface area contributed by atoms with Crippen LogP contribution in [0.4, 0.5) is 0 Å². The first kappa shape index (κ1) is 5.49. The van der Waals surface area contributed by atoms with Gasteiger partial charge >= 0.3 is 0 Å². The van der Waals surface area contributed by atoms with Crippen molar-refractivity contribution in [2.45, 2.75) is 37.3 Å². The average molecular weight is 144 g/mol. The van der Waals surface area contributed by atoms with E-state index >= 15 is 0 Å². The maximum absolute atomic E-state index is 4.86. The Kier molecular flexibility index (Phi) is 0.757. The first-order valence-corrected chi connectivity index (χ1v) is 3.61. The van der Waals surface area contributed by atoms with Crippen molar-refractivity contribution in [2.75, 3.05) is 0 Å². The van der Waals surface area contributed by atoms with Crippen LogP contribution in [0.5, 0.6) is 0 Å². The van der Waals surface area contributed by atoms with Gasteiger partial charge in [0.1, 0.15) is 0 Å². The highest BCUT2D eigenvalue weighted by Crippen LogP contribution is 2.59. The fourth-order valence-electron chi connectivity index (χ4n) is 1.62. The third kappa shape index (κ3) is 0.473. The monoisotopic (exact) mass is 144 g/mol. The van der Waals surface area contributed by atoms with E-state index in [4.69, 9.17) is 19.6 Å². The van der Waals surface area contributed by atoms with E-state index < -0.39 is 11.6 Å². The summed E-state index contributed by atoms with van der Waals surface area (Å²) < 4.78 is 0. The van der Waals surface area contributed by atoms with Gasteiger partial charge in [-0.2, -0.15) is 19.6 Å². The van der Waals surface area contributed by atoms with E-state index in [0.717, 1.165) is 25.7 Å². The summed E-state index contributed by atoms with van der Waals surface area (Å²) in [7, 11) is 0. The normalized spacial score (nSPS) is 38.4. The molecule has 0 N–H and O–H groups in total. The van der Waals surface area contributed by atoms with Gasteiger partial charge in [0, 0.05) is 12.8 Å². The lowest BCUT2D eigenvalue weighted by Gasteiger charge is -2.16. The molecule has 10 heavy (non-hydrogen) atoms. The van der Waals surface area contributed by atoms with E-state index in [1.165, 1.54) is 0 Å². The van der Waals surface area contributed by atoms with Crippen LogP contribution in [-0.2, 0) is 19.6 Å². The van der Waals surface area contributed by atoms with Gasteiger partial charge in [0.05, 0.1) is 0 Å². The minimum Gasteiger partial charge on any atom is -0.188 e. The molecule has 0 aromatic carbocycles. The number of fused-ring (bicyclic) bond motifs is 1. The van der Waals surface area contributed by atoms with E-state index in [1.807, 2.05) is 0 Å². The molecular weight excluding hydrogens is 136 g/mol. The van der Waals surface area contributed by atoms with Gasteiger partial charge in [-0.1, -0.05) is 0 Å². The van der Waals surface area contributed by atoms with Crippen molar-refractivity contribution in [3.05, 3.63) is 0 Å². The van der Waals surface area contributed by atoms with E-state index in [2.05, 4.69) is 0 Å². The second-order valence-corrected chi connectivity index (χ2v) is 3.05. The summed E-state index contributed by atoms with van der Waals surface area (Å²) in [6.07, 6.45) is 4.06. The van der Waals surface area contributed by atoms with E-state index in [-0.39, 0.29) is 0 Å². The molecule has 2 saturated heterocycles. The Labute approximate surface area is 57.9 Å². The molecule has 0 amide bonds. The predicted molar refractivity (Wildman–Crippen MR) is 28.3 cm³/mol. The quantitative estimate of drug-likeness (QED) is 0.374. The summed E-state index contributed by atoms with van der Waals surface area (Å²) in [4.78, 5) is 19.5. The van der Waals surface area contributed by atoms with Gasteiger partial charge in [-0.25, -0.2) is 0 Å². The lowest BCUT2D eigenvalue weighted by atomic mass is 9.90. The number of rotatable bonds is 0. The summed E-state index contributed by atoms with van der Waals surface area (Å²) in [5, 5.41) is 0. The molecule has 3 fully saturated rings. The molecule has 2 spiro atoms. The first-order valence-electron chi connectivity index (χ1n) is 3.61.